The minimum atomic E-state index is -0.744. The molecule has 4 nitrogen and oxygen atoms in total. The van der Waals surface area contributed by atoms with Crippen LogP contribution in [0.15, 0.2) is 36.4 Å². The largest absolute Gasteiger partial charge is 0.350 e. The molecule has 0 saturated carbocycles. The fourth-order valence-electron chi connectivity index (χ4n) is 2.84. The lowest BCUT2D eigenvalue weighted by Gasteiger charge is -2.32. The number of benzene rings is 2. The van der Waals surface area contributed by atoms with Crippen molar-refractivity contribution in [1.82, 2.24) is 10.2 Å². The number of nitrogens with zero attached hydrogens (tertiary/aromatic N) is 1. The van der Waals surface area contributed by atoms with E-state index < -0.39 is 11.6 Å². The number of halogens is 4. The Morgan fingerprint density at radius 2 is 1.57 bits per heavy atom. The molecule has 0 aliphatic rings. The van der Waals surface area contributed by atoms with Crippen LogP contribution in [0.5, 0.6) is 0 Å². The van der Waals surface area contributed by atoms with Gasteiger partial charge in [-0.15, -0.1) is 0 Å². The summed E-state index contributed by atoms with van der Waals surface area (Å²) in [5.74, 6) is -0.533. The van der Waals surface area contributed by atoms with Crippen LogP contribution in [0.3, 0.4) is 0 Å². The van der Waals surface area contributed by atoms with Crippen molar-refractivity contribution in [3.63, 3.8) is 0 Å². The zero-order valence-corrected chi connectivity index (χ0v) is 20.3. The lowest BCUT2D eigenvalue weighted by molar-refractivity contribution is -0.140. The molecule has 30 heavy (non-hydrogen) atoms. The van der Waals surface area contributed by atoms with Crippen LogP contribution < -0.4 is 5.32 Å². The number of amides is 2. The molecule has 0 aromatic heterocycles. The van der Waals surface area contributed by atoms with E-state index in [9.17, 15) is 9.59 Å². The van der Waals surface area contributed by atoms with E-state index in [1.807, 2.05) is 20.8 Å². The third-order valence-electron chi connectivity index (χ3n) is 4.40. The van der Waals surface area contributed by atoms with Gasteiger partial charge in [0.25, 0.3) is 0 Å². The second-order valence-electron chi connectivity index (χ2n) is 8.06. The van der Waals surface area contributed by atoms with Gasteiger partial charge in [0.1, 0.15) is 6.04 Å². The Morgan fingerprint density at radius 3 is 2.10 bits per heavy atom. The van der Waals surface area contributed by atoms with Crippen LogP contribution in [0.2, 0.25) is 20.1 Å². The zero-order valence-electron chi connectivity index (χ0n) is 17.2. The van der Waals surface area contributed by atoms with Crippen molar-refractivity contribution in [2.24, 2.45) is 0 Å². The Bertz CT molecular complexity index is 921. The monoisotopic (exact) mass is 488 g/mol. The van der Waals surface area contributed by atoms with Gasteiger partial charge < -0.3 is 10.2 Å². The second kappa shape index (κ2) is 10.2. The van der Waals surface area contributed by atoms with Gasteiger partial charge in [0.2, 0.25) is 11.8 Å². The first-order valence-electron chi connectivity index (χ1n) is 9.37. The summed E-state index contributed by atoms with van der Waals surface area (Å²) < 4.78 is 0. The molecule has 0 radical (unpaired) electrons. The van der Waals surface area contributed by atoms with Crippen molar-refractivity contribution in [2.45, 2.75) is 52.2 Å². The molecule has 0 aliphatic carbocycles. The summed E-state index contributed by atoms with van der Waals surface area (Å²) in [5.41, 5.74) is 0.832. The van der Waals surface area contributed by atoms with Gasteiger partial charge in [0, 0.05) is 27.7 Å². The number of hydrogen-bond acceptors (Lipinski definition) is 2. The maximum Gasteiger partial charge on any atom is 0.242 e. The van der Waals surface area contributed by atoms with E-state index in [1.165, 1.54) is 4.90 Å². The van der Waals surface area contributed by atoms with E-state index in [2.05, 4.69) is 5.32 Å². The van der Waals surface area contributed by atoms with Crippen LogP contribution in [0.1, 0.15) is 38.8 Å². The summed E-state index contributed by atoms with van der Waals surface area (Å²) in [6, 6.07) is 9.39. The molecule has 1 N–H and O–H groups in total. The van der Waals surface area contributed by atoms with Crippen molar-refractivity contribution in [2.75, 3.05) is 0 Å². The average Bonchev–Trinajstić information content (AvgIpc) is 2.62. The van der Waals surface area contributed by atoms with Crippen LogP contribution in [-0.4, -0.2) is 28.3 Å². The molecule has 2 aromatic rings. The first-order chi connectivity index (χ1) is 13.9. The molecule has 1 atom stereocenters. The molecular formula is C22H24Cl4N2O2. The van der Waals surface area contributed by atoms with Crippen LogP contribution in [-0.2, 0) is 22.6 Å². The number of rotatable bonds is 6. The van der Waals surface area contributed by atoms with Crippen molar-refractivity contribution < 1.29 is 9.59 Å². The first-order valence-corrected chi connectivity index (χ1v) is 10.9. The van der Waals surface area contributed by atoms with Gasteiger partial charge in [-0.2, -0.15) is 0 Å². The van der Waals surface area contributed by atoms with E-state index in [-0.39, 0.29) is 24.8 Å². The summed E-state index contributed by atoms with van der Waals surface area (Å²) in [6.07, 6.45) is 0.0477. The van der Waals surface area contributed by atoms with Crippen LogP contribution in [0.4, 0.5) is 0 Å². The zero-order chi connectivity index (χ0) is 22.6. The van der Waals surface area contributed by atoms with Gasteiger partial charge in [-0.25, -0.2) is 0 Å². The highest BCUT2D eigenvalue weighted by Gasteiger charge is 2.29. The molecule has 2 rings (SSSR count). The van der Waals surface area contributed by atoms with Gasteiger partial charge >= 0.3 is 0 Å². The summed E-state index contributed by atoms with van der Waals surface area (Å²) in [5, 5.41) is 4.54. The van der Waals surface area contributed by atoms with E-state index in [1.54, 1.807) is 43.3 Å². The number of nitrogens with one attached hydrogen (secondary N) is 1. The molecule has 8 heteroatoms. The SMILES string of the molecule is CC(C(=O)NC(C)(C)C)N(Cc1c(Cl)cccc1Cl)C(=O)Cc1ccc(Cl)c(Cl)c1. The predicted molar refractivity (Wildman–Crippen MR) is 125 cm³/mol. The Labute approximate surface area is 197 Å². The van der Waals surface area contributed by atoms with Gasteiger partial charge in [0.05, 0.1) is 16.5 Å². The summed E-state index contributed by atoms with van der Waals surface area (Å²) in [4.78, 5) is 27.5. The maximum absolute atomic E-state index is 13.2. The quantitative estimate of drug-likeness (QED) is 0.527. The van der Waals surface area contributed by atoms with Crippen molar-refractivity contribution in [1.29, 1.82) is 0 Å². The Morgan fingerprint density at radius 1 is 0.967 bits per heavy atom. The van der Waals surface area contributed by atoms with Crippen molar-refractivity contribution in [3.05, 3.63) is 67.6 Å². The molecule has 162 valence electrons. The van der Waals surface area contributed by atoms with Gasteiger partial charge in [-0.05, 0) is 57.5 Å². The number of carbonyl (C=O) groups is 2. The molecule has 0 fully saturated rings. The molecule has 0 aliphatic heterocycles. The van der Waals surface area contributed by atoms with E-state index >= 15 is 0 Å². The number of hydrogen-bond donors (Lipinski definition) is 1. The summed E-state index contributed by atoms with van der Waals surface area (Å²) >= 11 is 24.7. The topological polar surface area (TPSA) is 49.4 Å². The number of carbonyl (C=O) groups excluding carboxylic acids is 2. The maximum atomic E-state index is 13.2. The highest BCUT2D eigenvalue weighted by molar-refractivity contribution is 6.42. The smallest absolute Gasteiger partial charge is 0.242 e. The molecule has 0 heterocycles. The van der Waals surface area contributed by atoms with Crippen LogP contribution in [0.25, 0.3) is 0 Å². The molecular weight excluding hydrogens is 466 g/mol. The lowest BCUT2D eigenvalue weighted by atomic mass is 10.1. The Balaban J connectivity index is 2.35. The van der Waals surface area contributed by atoms with Crippen molar-refractivity contribution in [3.8, 4) is 0 Å². The van der Waals surface area contributed by atoms with Crippen LogP contribution >= 0.6 is 46.4 Å². The highest BCUT2D eigenvalue weighted by Crippen LogP contribution is 2.28. The summed E-state index contributed by atoms with van der Waals surface area (Å²) in [6.45, 7) is 7.41. The van der Waals surface area contributed by atoms with Gasteiger partial charge in [-0.1, -0.05) is 58.5 Å². The first kappa shape index (κ1) is 24.8. The predicted octanol–water partition coefficient (Wildman–Crippen LogP) is 6.17. The molecule has 0 bridgehead atoms. The molecule has 1 unspecified atom stereocenters. The van der Waals surface area contributed by atoms with Gasteiger partial charge in [0.15, 0.2) is 0 Å². The highest BCUT2D eigenvalue weighted by atomic mass is 35.5. The molecule has 0 saturated heterocycles. The summed E-state index contributed by atoms with van der Waals surface area (Å²) in [7, 11) is 0. The Hall–Kier alpha value is -1.46. The lowest BCUT2D eigenvalue weighted by Crippen LogP contribution is -2.52. The van der Waals surface area contributed by atoms with Crippen LogP contribution in [0, 0.1) is 0 Å². The molecule has 2 amide bonds. The minimum Gasteiger partial charge on any atom is -0.350 e. The fraction of sp³-hybridized carbons (Fsp3) is 0.364. The van der Waals surface area contributed by atoms with E-state index in [0.717, 1.165) is 0 Å². The fourth-order valence-corrected chi connectivity index (χ4v) is 3.67. The van der Waals surface area contributed by atoms with E-state index in [0.29, 0.717) is 31.2 Å². The third kappa shape index (κ3) is 6.78. The molecule has 2 aromatic carbocycles. The normalized spacial score (nSPS) is 12.4. The standard InChI is InChI=1S/C22H24Cl4N2O2/c1-13(21(30)27-22(2,3)4)28(12-15-16(23)6-5-7-17(15)24)20(29)11-14-8-9-18(25)19(26)10-14/h5-10,13H,11-12H2,1-4H3,(H,27,30). The second-order valence-corrected chi connectivity index (χ2v) is 9.69. The Kier molecular flexibility index (Phi) is 8.46. The average molecular weight is 490 g/mol. The third-order valence-corrected chi connectivity index (χ3v) is 5.84. The van der Waals surface area contributed by atoms with E-state index in [4.69, 9.17) is 46.4 Å². The van der Waals surface area contributed by atoms with Crippen molar-refractivity contribution >= 4 is 58.2 Å². The molecule has 0 spiro atoms. The van der Waals surface area contributed by atoms with Gasteiger partial charge in [-0.3, -0.25) is 9.59 Å². The minimum absolute atomic E-state index is 0.0477.